The zero-order valence-electron chi connectivity index (χ0n) is 16.0. The van der Waals surface area contributed by atoms with Crippen LogP contribution in [-0.4, -0.2) is 15.8 Å². The lowest BCUT2D eigenvalue weighted by molar-refractivity contribution is -0.384. The first kappa shape index (κ1) is 20.3. The minimum absolute atomic E-state index is 0.0927. The van der Waals surface area contributed by atoms with Gasteiger partial charge in [0.15, 0.2) is 5.43 Å². The van der Waals surface area contributed by atoms with Crippen LogP contribution in [0.1, 0.15) is 27.7 Å². The lowest BCUT2D eigenvalue weighted by Crippen LogP contribution is -2.30. The number of carbonyl (C=O) groups excluding carboxylic acids is 1. The number of nitro groups is 1. The molecule has 0 aliphatic carbocycles. The van der Waals surface area contributed by atoms with Crippen molar-refractivity contribution in [3.05, 3.63) is 108 Å². The van der Waals surface area contributed by atoms with Crippen molar-refractivity contribution in [1.29, 1.82) is 0 Å². The molecule has 0 bridgehead atoms. The van der Waals surface area contributed by atoms with Crippen LogP contribution in [0.25, 0.3) is 11.0 Å². The minimum atomic E-state index is -0.883. The van der Waals surface area contributed by atoms with E-state index >= 15 is 0 Å². The number of nitrogens with zero attached hydrogens (tertiary/aromatic N) is 3. The van der Waals surface area contributed by atoms with E-state index in [9.17, 15) is 19.7 Å². The highest BCUT2D eigenvalue weighted by Gasteiger charge is 2.44. The van der Waals surface area contributed by atoms with Gasteiger partial charge in [0, 0.05) is 22.8 Å². The number of halogens is 2. The molecule has 2 aromatic carbocycles. The van der Waals surface area contributed by atoms with E-state index in [0.717, 1.165) is 0 Å². The molecule has 4 aromatic rings. The molecule has 1 amide bonds. The molecule has 0 fully saturated rings. The predicted molar refractivity (Wildman–Crippen MR) is 121 cm³/mol. The third kappa shape index (κ3) is 3.17. The first-order valence-corrected chi connectivity index (χ1v) is 10.5. The van der Waals surface area contributed by atoms with E-state index in [2.05, 4.69) is 20.9 Å². The van der Waals surface area contributed by atoms with Crippen molar-refractivity contribution in [2.75, 3.05) is 4.90 Å². The summed E-state index contributed by atoms with van der Waals surface area (Å²) in [5.41, 5.74) is 0.450. The average Bonchev–Trinajstić information content (AvgIpc) is 3.07. The fraction of sp³-hybridized carbons (Fsp3) is 0.0455. The summed E-state index contributed by atoms with van der Waals surface area (Å²) < 4.78 is 6.55. The number of non-ortho nitro benzene ring substituents is 1. The van der Waals surface area contributed by atoms with E-state index in [1.54, 1.807) is 30.3 Å². The fourth-order valence-electron chi connectivity index (χ4n) is 3.79. The molecule has 0 saturated heterocycles. The molecule has 32 heavy (non-hydrogen) atoms. The maximum atomic E-state index is 13.5. The van der Waals surface area contributed by atoms with Gasteiger partial charge in [0.25, 0.3) is 11.6 Å². The van der Waals surface area contributed by atoms with Crippen LogP contribution in [0.2, 0.25) is 5.02 Å². The van der Waals surface area contributed by atoms with Crippen LogP contribution in [-0.2, 0) is 0 Å². The molecule has 1 aliphatic heterocycles. The second kappa shape index (κ2) is 7.54. The lowest BCUT2D eigenvalue weighted by atomic mass is 9.98. The summed E-state index contributed by atoms with van der Waals surface area (Å²) in [5.74, 6) is -0.371. The molecule has 0 N–H and O–H groups in total. The smallest absolute Gasteiger partial charge is 0.296 e. The van der Waals surface area contributed by atoms with Gasteiger partial charge in [-0.25, -0.2) is 4.98 Å². The Morgan fingerprint density at radius 1 is 1.09 bits per heavy atom. The van der Waals surface area contributed by atoms with Gasteiger partial charge in [-0.3, -0.25) is 24.6 Å². The second-order valence-electron chi connectivity index (χ2n) is 7.08. The van der Waals surface area contributed by atoms with Gasteiger partial charge < -0.3 is 4.42 Å². The van der Waals surface area contributed by atoms with Gasteiger partial charge in [0.05, 0.1) is 26.9 Å². The number of carbonyl (C=O) groups is 1. The summed E-state index contributed by atoms with van der Waals surface area (Å²) >= 11 is 9.30. The number of anilines is 1. The largest absolute Gasteiger partial charge is 0.450 e. The summed E-state index contributed by atoms with van der Waals surface area (Å²) in [4.78, 5) is 43.0. The van der Waals surface area contributed by atoms with Crippen molar-refractivity contribution >= 4 is 55.9 Å². The number of pyridine rings is 1. The van der Waals surface area contributed by atoms with Crippen molar-refractivity contribution in [2.45, 2.75) is 6.04 Å². The monoisotopic (exact) mass is 511 g/mol. The van der Waals surface area contributed by atoms with Crippen LogP contribution in [0, 0.1) is 10.1 Å². The Morgan fingerprint density at radius 3 is 2.50 bits per heavy atom. The SMILES string of the molecule is O=C1c2oc3ccc(Br)cc3c(=O)c2C(c2ccc([N+](=O)[O-])cc2)N1c1ccc(Cl)cn1. The highest BCUT2D eigenvalue weighted by molar-refractivity contribution is 9.10. The van der Waals surface area contributed by atoms with Gasteiger partial charge in [0.1, 0.15) is 11.4 Å². The first-order valence-electron chi connectivity index (χ1n) is 9.31. The summed E-state index contributed by atoms with van der Waals surface area (Å²) in [5, 5.41) is 11.8. The van der Waals surface area contributed by atoms with E-state index in [4.69, 9.17) is 16.0 Å². The second-order valence-corrected chi connectivity index (χ2v) is 8.43. The topological polar surface area (TPSA) is 107 Å². The molecular weight excluding hydrogens is 502 g/mol. The average molecular weight is 513 g/mol. The van der Waals surface area contributed by atoms with Crippen LogP contribution in [0.15, 0.2) is 74.5 Å². The van der Waals surface area contributed by atoms with Gasteiger partial charge in [0.2, 0.25) is 5.76 Å². The number of fused-ring (bicyclic) bond motifs is 2. The zero-order chi connectivity index (χ0) is 22.6. The number of nitro benzene ring substituents is 1. The van der Waals surface area contributed by atoms with E-state index in [-0.39, 0.29) is 33.8 Å². The number of hydrogen-bond acceptors (Lipinski definition) is 6. The third-order valence-electron chi connectivity index (χ3n) is 5.21. The van der Waals surface area contributed by atoms with Crippen LogP contribution in [0.3, 0.4) is 0 Å². The Bertz CT molecular complexity index is 1470. The zero-order valence-corrected chi connectivity index (χ0v) is 18.3. The summed E-state index contributed by atoms with van der Waals surface area (Å²) in [6, 6.07) is 12.9. The Morgan fingerprint density at radius 2 is 1.84 bits per heavy atom. The standard InChI is InChI=1S/C22H11BrClN3O5/c23-12-3-7-16-15(9-12)20(28)18-19(11-1-5-14(6-2-11)27(30)31)26(22(29)21(18)32-16)17-8-4-13(24)10-25-17/h1-10,19H. The highest BCUT2D eigenvalue weighted by Crippen LogP contribution is 2.41. The van der Waals surface area contributed by atoms with E-state index < -0.39 is 16.9 Å². The van der Waals surface area contributed by atoms with Gasteiger partial charge >= 0.3 is 0 Å². The third-order valence-corrected chi connectivity index (χ3v) is 5.93. The Hall–Kier alpha value is -3.56. The number of hydrogen-bond donors (Lipinski definition) is 0. The van der Waals surface area contributed by atoms with Gasteiger partial charge in [-0.05, 0) is 48.0 Å². The quantitative estimate of drug-likeness (QED) is 0.274. The van der Waals surface area contributed by atoms with Crippen molar-refractivity contribution in [3.8, 4) is 0 Å². The Balaban J connectivity index is 1.78. The van der Waals surface area contributed by atoms with Crippen molar-refractivity contribution in [1.82, 2.24) is 4.98 Å². The molecule has 158 valence electrons. The van der Waals surface area contributed by atoms with Crippen molar-refractivity contribution in [2.24, 2.45) is 0 Å². The molecule has 0 spiro atoms. The van der Waals surface area contributed by atoms with E-state index in [1.807, 2.05) is 0 Å². The van der Waals surface area contributed by atoms with Gasteiger partial charge in [-0.15, -0.1) is 0 Å². The molecule has 0 saturated carbocycles. The van der Waals surface area contributed by atoms with Crippen LogP contribution in [0.4, 0.5) is 11.5 Å². The van der Waals surface area contributed by atoms with Gasteiger partial charge in [-0.1, -0.05) is 27.5 Å². The molecule has 3 heterocycles. The van der Waals surface area contributed by atoms with Crippen molar-refractivity contribution in [3.63, 3.8) is 0 Å². The van der Waals surface area contributed by atoms with Crippen LogP contribution >= 0.6 is 27.5 Å². The number of amides is 1. The van der Waals surface area contributed by atoms with Crippen molar-refractivity contribution < 1.29 is 14.1 Å². The van der Waals surface area contributed by atoms with E-state index in [1.165, 1.54) is 35.4 Å². The maximum absolute atomic E-state index is 13.5. The minimum Gasteiger partial charge on any atom is -0.450 e. The lowest BCUT2D eigenvalue weighted by Gasteiger charge is -2.24. The summed E-state index contributed by atoms with van der Waals surface area (Å²) in [7, 11) is 0. The van der Waals surface area contributed by atoms with Crippen LogP contribution in [0.5, 0.6) is 0 Å². The summed E-state index contributed by atoms with van der Waals surface area (Å²) in [6.45, 7) is 0. The number of aromatic nitrogens is 1. The molecular formula is C22H11BrClN3O5. The molecule has 1 aliphatic rings. The Kier molecular flexibility index (Phi) is 4.79. The fourth-order valence-corrected chi connectivity index (χ4v) is 4.26. The Labute approximate surface area is 193 Å². The molecule has 1 atom stereocenters. The number of benzene rings is 2. The molecule has 8 nitrogen and oxygen atoms in total. The molecule has 5 rings (SSSR count). The molecule has 10 heteroatoms. The number of rotatable bonds is 3. The van der Waals surface area contributed by atoms with E-state index in [0.29, 0.717) is 20.4 Å². The highest BCUT2D eigenvalue weighted by atomic mass is 79.9. The maximum Gasteiger partial charge on any atom is 0.296 e. The predicted octanol–water partition coefficient (Wildman–Crippen LogP) is 5.26. The first-order chi connectivity index (χ1) is 15.3. The normalized spacial score (nSPS) is 15.2. The molecule has 1 unspecified atom stereocenters. The molecule has 0 radical (unpaired) electrons. The van der Waals surface area contributed by atoms with Crippen LogP contribution < -0.4 is 10.3 Å². The molecule has 2 aromatic heterocycles. The summed E-state index contributed by atoms with van der Waals surface area (Å²) in [6.07, 6.45) is 1.39. The van der Waals surface area contributed by atoms with Gasteiger partial charge in [-0.2, -0.15) is 0 Å².